The van der Waals surface area contributed by atoms with E-state index in [1.165, 1.54) is 0 Å². The maximum atomic E-state index is 12.4. The SMILES string of the molecule is CC(C)(C)OC(=O)N1CCN(C(=O)Cc2ccc(C#N)cc2)CC1. The first-order valence-corrected chi connectivity index (χ1v) is 8.03. The van der Waals surface area contributed by atoms with E-state index in [0.717, 1.165) is 5.56 Å². The van der Waals surface area contributed by atoms with Crippen molar-refractivity contribution < 1.29 is 14.3 Å². The molecule has 1 aromatic carbocycles. The van der Waals surface area contributed by atoms with Gasteiger partial charge in [-0.25, -0.2) is 4.79 Å². The highest BCUT2D eigenvalue weighted by Gasteiger charge is 2.27. The number of carbonyl (C=O) groups is 2. The van der Waals surface area contributed by atoms with Gasteiger partial charge in [-0.1, -0.05) is 12.1 Å². The molecule has 128 valence electrons. The molecule has 1 aromatic rings. The van der Waals surface area contributed by atoms with Crippen molar-refractivity contribution >= 4 is 12.0 Å². The number of rotatable bonds is 2. The molecular weight excluding hydrogens is 306 g/mol. The summed E-state index contributed by atoms with van der Waals surface area (Å²) in [7, 11) is 0. The molecular formula is C18H23N3O3. The minimum atomic E-state index is -0.514. The van der Waals surface area contributed by atoms with Gasteiger partial charge in [-0.05, 0) is 38.5 Å². The second kappa shape index (κ2) is 7.35. The molecule has 1 saturated heterocycles. The van der Waals surface area contributed by atoms with E-state index in [0.29, 0.717) is 38.2 Å². The van der Waals surface area contributed by atoms with Crippen LogP contribution in [0.1, 0.15) is 31.9 Å². The van der Waals surface area contributed by atoms with E-state index >= 15 is 0 Å². The fraction of sp³-hybridized carbons (Fsp3) is 0.500. The topological polar surface area (TPSA) is 73.6 Å². The molecule has 1 aliphatic rings. The van der Waals surface area contributed by atoms with E-state index < -0.39 is 5.60 Å². The zero-order valence-corrected chi connectivity index (χ0v) is 14.4. The van der Waals surface area contributed by atoms with Gasteiger partial charge in [0.2, 0.25) is 5.91 Å². The molecule has 0 radical (unpaired) electrons. The summed E-state index contributed by atoms with van der Waals surface area (Å²) in [4.78, 5) is 27.8. The minimum absolute atomic E-state index is 0.0311. The highest BCUT2D eigenvalue weighted by atomic mass is 16.6. The fourth-order valence-electron chi connectivity index (χ4n) is 2.45. The molecule has 1 fully saturated rings. The van der Waals surface area contributed by atoms with Gasteiger partial charge in [-0.15, -0.1) is 0 Å². The number of ether oxygens (including phenoxy) is 1. The number of benzene rings is 1. The molecule has 24 heavy (non-hydrogen) atoms. The molecule has 0 unspecified atom stereocenters. The number of hydrogen-bond acceptors (Lipinski definition) is 4. The molecule has 1 heterocycles. The highest BCUT2D eigenvalue weighted by molar-refractivity contribution is 5.79. The summed E-state index contributed by atoms with van der Waals surface area (Å²) in [6.07, 6.45) is -0.0281. The smallest absolute Gasteiger partial charge is 0.410 e. The summed E-state index contributed by atoms with van der Waals surface area (Å²) < 4.78 is 5.35. The first-order chi connectivity index (χ1) is 11.3. The number of nitriles is 1. The molecule has 0 bridgehead atoms. The third-order valence-electron chi connectivity index (χ3n) is 3.72. The van der Waals surface area contributed by atoms with Crippen molar-refractivity contribution in [2.75, 3.05) is 26.2 Å². The Bertz CT molecular complexity index is 633. The molecule has 2 rings (SSSR count). The Morgan fingerprint density at radius 2 is 1.62 bits per heavy atom. The number of nitrogens with zero attached hydrogens (tertiary/aromatic N) is 3. The first kappa shape index (κ1) is 17.8. The summed E-state index contributed by atoms with van der Waals surface area (Å²) in [5, 5.41) is 8.79. The van der Waals surface area contributed by atoms with Gasteiger partial charge in [0, 0.05) is 26.2 Å². The van der Waals surface area contributed by atoms with Gasteiger partial charge in [0.25, 0.3) is 0 Å². The lowest BCUT2D eigenvalue weighted by Crippen LogP contribution is -2.51. The molecule has 0 atom stereocenters. The predicted molar refractivity (Wildman–Crippen MR) is 89.2 cm³/mol. The van der Waals surface area contributed by atoms with Crippen LogP contribution < -0.4 is 0 Å². The minimum Gasteiger partial charge on any atom is -0.444 e. The predicted octanol–water partition coefficient (Wildman–Crippen LogP) is 2.18. The van der Waals surface area contributed by atoms with Gasteiger partial charge in [-0.2, -0.15) is 5.26 Å². The summed E-state index contributed by atoms with van der Waals surface area (Å²) >= 11 is 0. The molecule has 0 N–H and O–H groups in total. The lowest BCUT2D eigenvalue weighted by molar-refractivity contribution is -0.132. The summed E-state index contributed by atoms with van der Waals surface area (Å²) in [6.45, 7) is 7.48. The maximum absolute atomic E-state index is 12.4. The van der Waals surface area contributed by atoms with Crippen LogP contribution in [0.3, 0.4) is 0 Å². The average molecular weight is 329 g/mol. The van der Waals surface area contributed by atoms with Crippen molar-refractivity contribution in [2.24, 2.45) is 0 Å². The second-order valence-corrected chi connectivity index (χ2v) is 6.83. The average Bonchev–Trinajstić information content (AvgIpc) is 2.54. The van der Waals surface area contributed by atoms with Crippen LogP contribution in [0.4, 0.5) is 4.79 Å². The summed E-state index contributed by atoms with van der Waals surface area (Å²) in [6, 6.07) is 9.08. The molecule has 0 aromatic heterocycles. The van der Waals surface area contributed by atoms with Crippen LogP contribution in [0, 0.1) is 11.3 Å². The van der Waals surface area contributed by atoms with Gasteiger partial charge < -0.3 is 14.5 Å². The normalized spacial score (nSPS) is 14.9. The lowest BCUT2D eigenvalue weighted by Gasteiger charge is -2.35. The standard InChI is InChI=1S/C18H23N3O3/c1-18(2,3)24-17(23)21-10-8-20(9-11-21)16(22)12-14-4-6-15(13-19)7-5-14/h4-7H,8-12H2,1-3H3. The van der Waals surface area contributed by atoms with Crippen LogP contribution in [-0.2, 0) is 16.0 Å². The molecule has 0 saturated carbocycles. The Labute approximate surface area is 142 Å². The van der Waals surface area contributed by atoms with Gasteiger partial charge in [0.1, 0.15) is 5.60 Å². The van der Waals surface area contributed by atoms with Crippen molar-refractivity contribution in [2.45, 2.75) is 32.8 Å². The van der Waals surface area contributed by atoms with E-state index in [4.69, 9.17) is 10.00 Å². The largest absolute Gasteiger partial charge is 0.444 e. The Kier molecular flexibility index (Phi) is 5.45. The van der Waals surface area contributed by atoms with Crippen molar-refractivity contribution in [1.29, 1.82) is 5.26 Å². The fourth-order valence-corrected chi connectivity index (χ4v) is 2.45. The molecule has 6 heteroatoms. The second-order valence-electron chi connectivity index (χ2n) is 6.83. The Morgan fingerprint density at radius 3 is 2.12 bits per heavy atom. The quantitative estimate of drug-likeness (QED) is 0.833. The van der Waals surface area contributed by atoms with Crippen LogP contribution in [0.5, 0.6) is 0 Å². The highest BCUT2D eigenvalue weighted by Crippen LogP contribution is 2.13. The number of carbonyl (C=O) groups excluding carboxylic acids is 2. The van der Waals surface area contributed by atoms with Gasteiger partial charge >= 0.3 is 6.09 Å². The van der Waals surface area contributed by atoms with Crippen molar-refractivity contribution in [3.05, 3.63) is 35.4 Å². The van der Waals surface area contributed by atoms with Crippen LogP contribution in [0.15, 0.2) is 24.3 Å². The monoisotopic (exact) mass is 329 g/mol. The maximum Gasteiger partial charge on any atom is 0.410 e. The zero-order chi connectivity index (χ0) is 17.7. The number of piperazine rings is 1. The van der Waals surface area contributed by atoms with Gasteiger partial charge in [0.05, 0.1) is 18.1 Å². The Morgan fingerprint density at radius 1 is 1.08 bits per heavy atom. The van der Waals surface area contributed by atoms with Crippen LogP contribution in [-0.4, -0.2) is 53.6 Å². The summed E-state index contributed by atoms with van der Waals surface area (Å²) in [5.74, 6) is 0.0311. The summed E-state index contributed by atoms with van der Waals surface area (Å²) in [5.41, 5.74) is 0.949. The van der Waals surface area contributed by atoms with E-state index in [2.05, 4.69) is 6.07 Å². The van der Waals surface area contributed by atoms with Crippen molar-refractivity contribution in [3.8, 4) is 6.07 Å². The molecule has 1 aliphatic heterocycles. The molecule has 0 aliphatic carbocycles. The lowest BCUT2D eigenvalue weighted by atomic mass is 10.1. The van der Waals surface area contributed by atoms with Crippen LogP contribution in [0.25, 0.3) is 0 Å². The van der Waals surface area contributed by atoms with E-state index in [1.54, 1.807) is 34.1 Å². The first-order valence-electron chi connectivity index (χ1n) is 8.03. The van der Waals surface area contributed by atoms with E-state index in [-0.39, 0.29) is 12.0 Å². The van der Waals surface area contributed by atoms with Gasteiger partial charge in [-0.3, -0.25) is 4.79 Å². The third kappa shape index (κ3) is 4.98. The zero-order valence-electron chi connectivity index (χ0n) is 14.4. The number of amides is 2. The van der Waals surface area contributed by atoms with Crippen LogP contribution >= 0.6 is 0 Å². The third-order valence-corrected chi connectivity index (χ3v) is 3.72. The molecule has 0 spiro atoms. The van der Waals surface area contributed by atoms with E-state index in [1.807, 2.05) is 20.8 Å². The molecule has 2 amide bonds. The van der Waals surface area contributed by atoms with Crippen LogP contribution in [0.2, 0.25) is 0 Å². The van der Waals surface area contributed by atoms with Gasteiger partial charge in [0.15, 0.2) is 0 Å². The van der Waals surface area contributed by atoms with E-state index in [9.17, 15) is 9.59 Å². The Hall–Kier alpha value is -2.55. The number of hydrogen-bond donors (Lipinski definition) is 0. The van der Waals surface area contributed by atoms with Crippen molar-refractivity contribution in [1.82, 2.24) is 9.80 Å². The molecule has 6 nitrogen and oxygen atoms in total. The Balaban J connectivity index is 1.84. The van der Waals surface area contributed by atoms with Crippen molar-refractivity contribution in [3.63, 3.8) is 0 Å².